The number of hydrogen-bond acceptors (Lipinski definition) is 6. The fraction of sp³-hybridized carbons (Fsp3) is 0.357. The second-order valence-electron chi connectivity index (χ2n) is 4.68. The molecular weight excluding hydrogens is 324 g/mol. The van der Waals surface area contributed by atoms with Crippen molar-refractivity contribution >= 4 is 29.3 Å². The summed E-state index contributed by atoms with van der Waals surface area (Å²) >= 11 is 7.04. The summed E-state index contributed by atoms with van der Waals surface area (Å²) in [6.07, 6.45) is 0.693. The average molecular weight is 341 g/mol. The van der Waals surface area contributed by atoms with Gasteiger partial charge in [0, 0.05) is 10.6 Å². The van der Waals surface area contributed by atoms with E-state index in [1.54, 1.807) is 24.3 Å². The monoisotopic (exact) mass is 340 g/mol. The van der Waals surface area contributed by atoms with Gasteiger partial charge in [0.2, 0.25) is 5.16 Å². The van der Waals surface area contributed by atoms with Gasteiger partial charge >= 0.3 is 5.97 Å². The molecule has 0 saturated carbocycles. The first-order valence-corrected chi connectivity index (χ1v) is 8.16. The zero-order valence-corrected chi connectivity index (χ0v) is 13.9. The van der Waals surface area contributed by atoms with E-state index in [0.717, 1.165) is 12.0 Å². The molecule has 0 bridgehead atoms. The Balaban J connectivity index is 2.02. The van der Waals surface area contributed by atoms with Gasteiger partial charge in [-0.3, -0.25) is 4.79 Å². The normalized spacial score (nSPS) is 12.1. The molecule has 1 heterocycles. The van der Waals surface area contributed by atoms with Crippen LogP contribution in [-0.4, -0.2) is 32.7 Å². The number of hydrogen-bond donors (Lipinski definition) is 1. The first-order valence-electron chi connectivity index (χ1n) is 6.80. The zero-order valence-electron chi connectivity index (χ0n) is 12.3. The highest BCUT2D eigenvalue weighted by Crippen LogP contribution is 2.23. The summed E-state index contributed by atoms with van der Waals surface area (Å²) in [5.41, 5.74) is 0.799. The Morgan fingerprint density at radius 3 is 2.73 bits per heavy atom. The van der Waals surface area contributed by atoms with Crippen LogP contribution in [-0.2, 0) is 9.53 Å². The SMILES string of the molecule is CCC(C)OC(=O)CSc1nnc(-c2ccc(Cl)cc2)n1N. The Morgan fingerprint density at radius 2 is 2.09 bits per heavy atom. The maximum absolute atomic E-state index is 11.7. The average Bonchev–Trinajstić information content (AvgIpc) is 2.87. The van der Waals surface area contributed by atoms with E-state index in [9.17, 15) is 4.79 Å². The van der Waals surface area contributed by atoms with E-state index >= 15 is 0 Å². The van der Waals surface area contributed by atoms with Crippen molar-refractivity contribution in [2.45, 2.75) is 31.5 Å². The predicted octanol–water partition coefficient (Wildman–Crippen LogP) is 2.75. The molecule has 6 nitrogen and oxygen atoms in total. The summed E-state index contributed by atoms with van der Waals surface area (Å²) in [6.45, 7) is 3.81. The maximum Gasteiger partial charge on any atom is 0.316 e. The second kappa shape index (κ2) is 7.51. The van der Waals surface area contributed by atoms with Crippen LogP contribution in [0.25, 0.3) is 11.4 Å². The van der Waals surface area contributed by atoms with E-state index in [-0.39, 0.29) is 17.8 Å². The molecule has 0 amide bonds. The van der Waals surface area contributed by atoms with Crippen LogP contribution in [0, 0.1) is 0 Å². The smallest absolute Gasteiger partial charge is 0.316 e. The lowest BCUT2D eigenvalue weighted by molar-refractivity contribution is -0.144. The lowest BCUT2D eigenvalue weighted by atomic mass is 10.2. The molecule has 0 aliphatic carbocycles. The Morgan fingerprint density at radius 1 is 1.41 bits per heavy atom. The van der Waals surface area contributed by atoms with Crippen LogP contribution < -0.4 is 5.84 Å². The maximum atomic E-state index is 11.7. The van der Waals surface area contributed by atoms with Gasteiger partial charge in [-0.15, -0.1) is 10.2 Å². The standard InChI is InChI=1S/C14H17ClN4O2S/c1-3-9(2)21-12(20)8-22-14-18-17-13(19(14)16)10-4-6-11(15)7-5-10/h4-7,9H,3,8,16H2,1-2H3. The molecule has 1 unspecified atom stereocenters. The van der Waals surface area contributed by atoms with Crippen LogP contribution in [0.1, 0.15) is 20.3 Å². The van der Waals surface area contributed by atoms with Crippen LogP contribution >= 0.6 is 23.4 Å². The first kappa shape index (κ1) is 16.6. The number of ether oxygens (including phenoxy) is 1. The summed E-state index contributed by atoms with van der Waals surface area (Å²) in [7, 11) is 0. The molecule has 2 N–H and O–H groups in total. The van der Waals surface area contributed by atoms with Crippen LogP contribution in [0.4, 0.5) is 0 Å². The number of carbonyl (C=O) groups is 1. The third-order valence-corrected chi connectivity index (χ3v) is 4.16. The summed E-state index contributed by atoms with van der Waals surface area (Å²) in [6, 6.07) is 7.12. The number of aromatic nitrogens is 3. The molecule has 2 rings (SSSR count). The van der Waals surface area contributed by atoms with Crippen LogP contribution in [0.3, 0.4) is 0 Å². The summed E-state index contributed by atoms with van der Waals surface area (Å²) in [5, 5.41) is 9.12. The highest BCUT2D eigenvalue weighted by Gasteiger charge is 2.15. The van der Waals surface area contributed by atoms with Crippen molar-refractivity contribution in [3.63, 3.8) is 0 Å². The number of nitrogen functional groups attached to an aromatic ring is 1. The highest BCUT2D eigenvalue weighted by molar-refractivity contribution is 7.99. The van der Waals surface area contributed by atoms with Gasteiger partial charge in [-0.05, 0) is 37.6 Å². The summed E-state index contributed by atoms with van der Waals surface area (Å²) in [5.74, 6) is 6.32. The Bertz CT molecular complexity index is 645. The topological polar surface area (TPSA) is 83.0 Å². The van der Waals surface area contributed by atoms with Crippen LogP contribution in [0.15, 0.2) is 29.4 Å². The molecular formula is C14H17ClN4O2S. The second-order valence-corrected chi connectivity index (χ2v) is 6.06. The molecule has 0 aliphatic heterocycles. The van der Waals surface area contributed by atoms with Gasteiger partial charge in [0.15, 0.2) is 5.82 Å². The minimum absolute atomic E-state index is 0.0894. The number of nitrogens with two attached hydrogens (primary N) is 1. The quantitative estimate of drug-likeness (QED) is 0.494. The number of nitrogens with zero attached hydrogens (tertiary/aromatic N) is 3. The largest absolute Gasteiger partial charge is 0.462 e. The highest BCUT2D eigenvalue weighted by atomic mass is 35.5. The molecule has 8 heteroatoms. The van der Waals surface area contributed by atoms with Crippen LogP contribution in [0.5, 0.6) is 0 Å². The third-order valence-electron chi connectivity index (χ3n) is 2.99. The van der Waals surface area contributed by atoms with Gasteiger partial charge in [0.1, 0.15) is 0 Å². The van der Waals surface area contributed by atoms with Crippen molar-refractivity contribution in [3.05, 3.63) is 29.3 Å². The Kier molecular flexibility index (Phi) is 5.68. The van der Waals surface area contributed by atoms with Crippen molar-refractivity contribution < 1.29 is 9.53 Å². The lowest BCUT2D eigenvalue weighted by Gasteiger charge is -2.10. The first-order chi connectivity index (χ1) is 10.5. The van der Waals surface area contributed by atoms with Gasteiger partial charge in [-0.2, -0.15) is 0 Å². The van der Waals surface area contributed by atoms with Gasteiger partial charge in [-0.25, -0.2) is 4.68 Å². The minimum atomic E-state index is -0.296. The molecule has 1 aromatic carbocycles. The van der Waals surface area contributed by atoms with E-state index in [4.69, 9.17) is 22.2 Å². The predicted molar refractivity (Wildman–Crippen MR) is 87.2 cm³/mol. The molecule has 0 fully saturated rings. The number of rotatable bonds is 6. The molecule has 2 aromatic rings. The number of thioether (sulfide) groups is 1. The number of benzene rings is 1. The zero-order chi connectivity index (χ0) is 16.1. The fourth-order valence-corrected chi connectivity index (χ4v) is 2.40. The molecule has 118 valence electrons. The van der Waals surface area contributed by atoms with Gasteiger partial charge < -0.3 is 10.6 Å². The van der Waals surface area contributed by atoms with Gasteiger partial charge in [0.25, 0.3) is 0 Å². The lowest BCUT2D eigenvalue weighted by Crippen LogP contribution is -2.17. The molecule has 0 spiro atoms. The molecule has 22 heavy (non-hydrogen) atoms. The number of esters is 1. The van der Waals surface area contributed by atoms with E-state index in [1.807, 2.05) is 13.8 Å². The van der Waals surface area contributed by atoms with E-state index in [2.05, 4.69) is 10.2 Å². The van der Waals surface area contributed by atoms with Gasteiger partial charge in [0.05, 0.1) is 11.9 Å². The molecule has 0 aliphatic rings. The molecule has 1 aromatic heterocycles. The third kappa shape index (κ3) is 4.14. The van der Waals surface area contributed by atoms with Crippen molar-refractivity contribution in [1.82, 2.24) is 14.9 Å². The summed E-state index contributed by atoms with van der Waals surface area (Å²) < 4.78 is 6.54. The molecule has 0 saturated heterocycles. The van der Waals surface area contributed by atoms with Crippen molar-refractivity contribution in [2.24, 2.45) is 0 Å². The number of halogens is 1. The minimum Gasteiger partial charge on any atom is -0.462 e. The Labute approximate surface area is 138 Å². The number of carbonyl (C=O) groups excluding carboxylic acids is 1. The van der Waals surface area contributed by atoms with Gasteiger partial charge in [-0.1, -0.05) is 30.3 Å². The van der Waals surface area contributed by atoms with Crippen molar-refractivity contribution in [3.8, 4) is 11.4 Å². The van der Waals surface area contributed by atoms with Crippen molar-refractivity contribution in [2.75, 3.05) is 11.6 Å². The summed E-state index contributed by atoms with van der Waals surface area (Å²) in [4.78, 5) is 11.7. The van der Waals surface area contributed by atoms with E-state index < -0.39 is 0 Å². The van der Waals surface area contributed by atoms with Crippen molar-refractivity contribution in [1.29, 1.82) is 0 Å². The Hall–Kier alpha value is -1.73. The van der Waals surface area contributed by atoms with E-state index in [0.29, 0.717) is 16.0 Å². The van der Waals surface area contributed by atoms with Crippen LogP contribution in [0.2, 0.25) is 5.02 Å². The van der Waals surface area contributed by atoms with E-state index in [1.165, 1.54) is 16.4 Å². The molecule has 0 radical (unpaired) electrons. The fourth-order valence-electron chi connectivity index (χ4n) is 1.64. The molecule has 1 atom stereocenters.